The molecule has 1 aliphatic rings. The lowest BCUT2D eigenvalue weighted by atomic mass is 9.95. The minimum absolute atomic E-state index is 0.149. The molecule has 0 unspecified atom stereocenters. The van der Waals surface area contributed by atoms with Gasteiger partial charge in [0.05, 0.1) is 11.4 Å². The Morgan fingerprint density at radius 1 is 1.40 bits per heavy atom. The Balaban J connectivity index is 2.78. The average molecular weight is 204 g/mol. The summed E-state index contributed by atoms with van der Waals surface area (Å²) in [6.07, 6.45) is 0. The van der Waals surface area contributed by atoms with E-state index in [2.05, 4.69) is 4.98 Å². The van der Waals surface area contributed by atoms with Gasteiger partial charge in [-0.15, -0.1) is 0 Å². The molecule has 0 amide bonds. The number of hydrogen-bond acceptors (Lipinski definition) is 4. The lowest BCUT2D eigenvalue weighted by Gasteiger charge is -2.14. The van der Waals surface area contributed by atoms with Gasteiger partial charge >= 0.3 is 0 Å². The van der Waals surface area contributed by atoms with Crippen molar-refractivity contribution in [2.75, 3.05) is 0 Å². The van der Waals surface area contributed by atoms with Crippen molar-refractivity contribution in [2.24, 2.45) is 12.8 Å². The van der Waals surface area contributed by atoms with Gasteiger partial charge < -0.3 is 10.3 Å². The molecule has 1 aromatic heterocycles. The van der Waals surface area contributed by atoms with Gasteiger partial charge in [-0.25, -0.2) is 4.98 Å². The van der Waals surface area contributed by atoms with Crippen LogP contribution in [0, 0.1) is 12.3 Å². The lowest BCUT2D eigenvalue weighted by molar-refractivity contribution is 0.102. The number of fused-ring (bicyclic) bond motifs is 1. The van der Waals surface area contributed by atoms with Crippen molar-refractivity contribution in [3.63, 3.8) is 0 Å². The smallest absolute Gasteiger partial charge is 0.227 e. The van der Waals surface area contributed by atoms with Crippen molar-refractivity contribution < 1.29 is 4.79 Å². The van der Waals surface area contributed by atoms with E-state index in [-0.39, 0.29) is 17.2 Å². The van der Waals surface area contributed by atoms with Gasteiger partial charge in [-0.05, 0) is 13.8 Å². The molecule has 0 aliphatic heterocycles. The van der Waals surface area contributed by atoms with Gasteiger partial charge in [0.2, 0.25) is 5.78 Å². The normalized spacial score (nSPS) is 15.9. The highest BCUT2D eigenvalue weighted by atomic mass is 16.1. The van der Waals surface area contributed by atoms with E-state index in [1.807, 2.05) is 0 Å². The average Bonchev–Trinajstić information content (AvgIpc) is 2.50. The number of nitrogens with two attached hydrogens (primary N) is 1. The van der Waals surface area contributed by atoms with Crippen molar-refractivity contribution >= 4 is 11.5 Å². The summed E-state index contributed by atoms with van der Waals surface area (Å²) in [5.41, 5.74) is 7.40. The van der Waals surface area contributed by atoms with Crippen LogP contribution in [-0.4, -0.2) is 21.0 Å². The predicted molar refractivity (Wildman–Crippen MR) is 56.0 cm³/mol. The molecule has 1 aliphatic carbocycles. The second kappa shape index (κ2) is 2.79. The zero-order valence-electron chi connectivity index (χ0n) is 8.88. The maximum Gasteiger partial charge on any atom is 0.227 e. The van der Waals surface area contributed by atoms with Gasteiger partial charge in [-0.3, -0.25) is 10.2 Å². The number of ketones is 1. The van der Waals surface area contributed by atoms with E-state index in [9.17, 15) is 4.79 Å². The third-order valence-corrected chi connectivity index (χ3v) is 2.79. The van der Waals surface area contributed by atoms with E-state index in [1.54, 1.807) is 25.5 Å². The number of hydrogen-bond donors (Lipinski definition) is 2. The van der Waals surface area contributed by atoms with E-state index >= 15 is 0 Å². The summed E-state index contributed by atoms with van der Waals surface area (Å²) < 4.78 is 1.67. The van der Waals surface area contributed by atoms with Crippen molar-refractivity contribution in [1.82, 2.24) is 9.55 Å². The first-order chi connectivity index (χ1) is 6.95. The molecule has 1 aromatic rings. The molecule has 3 N–H and O–H groups in total. The summed E-state index contributed by atoms with van der Waals surface area (Å²) in [4.78, 5) is 16.1. The molecule has 78 valence electrons. The molecule has 0 saturated carbocycles. The summed E-state index contributed by atoms with van der Waals surface area (Å²) in [5.74, 6) is 0.474. The Bertz CT molecular complexity index is 522. The van der Waals surface area contributed by atoms with Crippen LogP contribution in [0.2, 0.25) is 0 Å². The highest BCUT2D eigenvalue weighted by molar-refractivity contribution is 6.25. The van der Waals surface area contributed by atoms with Gasteiger partial charge in [0.15, 0.2) is 0 Å². The van der Waals surface area contributed by atoms with Crippen LogP contribution >= 0.6 is 0 Å². The van der Waals surface area contributed by atoms with Crippen LogP contribution in [0.1, 0.15) is 28.9 Å². The Hall–Kier alpha value is -1.91. The number of aromatic nitrogens is 2. The van der Waals surface area contributed by atoms with Crippen molar-refractivity contribution in [1.29, 1.82) is 5.41 Å². The number of Topliss-reactive ketones (excluding diaryl/α,β-unsaturated/α-hetero) is 1. The highest BCUT2D eigenvalue weighted by Gasteiger charge is 2.30. The molecule has 0 spiro atoms. The fourth-order valence-corrected chi connectivity index (χ4v) is 1.65. The third kappa shape index (κ3) is 1.06. The fourth-order valence-electron chi connectivity index (χ4n) is 1.65. The molecule has 2 rings (SSSR count). The monoisotopic (exact) mass is 204 g/mol. The zero-order chi connectivity index (χ0) is 11.3. The van der Waals surface area contributed by atoms with E-state index in [0.717, 1.165) is 0 Å². The Morgan fingerprint density at radius 3 is 2.60 bits per heavy atom. The largest absolute Gasteiger partial charge is 0.395 e. The SMILES string of the molecule is CC1=C(N)C(=O)c2c(nc(C)n2C)C1=N. The fraction of sp³-hybridized carbons (Fsp3) is 0.300. The van der Waals surface area contributed by atoms with Gasteiger partial charge in [-0.2, -0.15) is 0 Å². The molecule has 0 fully saturated rings. The van der Waals surface area contributed by atoms with Crippen molar-refractivity contribution in [3.8, 4) is 0 Å². The van der Waals surface area contributed by atoms with Gasteiger partial charge in [0.1, 0.15) is 17.2 Å². The third-order valence-electron chi connectivity index (χ3n) is 2.79. The zero-order valence-corrected chi connectivity index (χ0v) is 8.88. The first-order valence-electron chi connectivity index (χ1n) is 4.58. The van der Waals surface area contributed by atoms with Gasteiger partial charge in [-0.1, -0.05) is 0 Å². The number of rotatable bonds is 0. The van der Waals surface area contributed by atoms with Crippen LogP contribution in [0.5, 0.6) is 0 Å². The molecular weight excluding hydrogens is 192 g/mol. The molecule has 15 heavy (non-hydrogen) atoms. The summed E-state index contributed by atoms with van der Waals surface area (Å²) in [5, 5.41) is 7.84. The number of carbonyl (C=O) groups excluding carboxylic acids is 1. The number of allylic oxidation sites excluding steroid dienone is 2. The van der Waals surface area contributed by atoms with E-state index in [4.69, 9.17) is 11.1 Å². The Morgan fingerprint density at radius 2 is 2.00 bits per heavy atom. The van der Waals surface area contributed by atoms with Crippen LogP contribution < -0.4 is 5.73 Å². The molecule has 0 bridgehead atoms. The second-order valence-electron chi connectivity index (χ2n) is 3.66. The van der Waals surface area contributed by atoms with Gasteiger partial charge in [0.25, 0.3) is 0 Å². The van der Waals surface area contributed by atoms with Crippen molar-refractivity contribution in [2.45, 2.75) is 13.8 Å². The minimum atomic E-state index is -0.235. The molecular formula is C10H12N4O. The molecule has 1 heterocycles. The first kappa shape index (κ1) is 9.64. The van der Waals surface area contributed by atoms with E-state index < -0.39 is 0 Å². The molecule has 0 radical (unpaired) electrons. The summed E-state index contributed by atoms with van der Waals surface area (Å²) in [6, 6.07) is 0. The van der Waals surface area contributed by atoms with Crippen molar-refractivity contribution in [3.05, 3.63) is 28.5 Å². The van der Waals surface area contributed by atoms with Crippen LogP contribution in [0.15, 0.2) is 11.3 Å². The van der Waals surface area contributed by atoms with E-state index in [1.165, 1.54) is 0 Å². The molecule has 5 nitrogen and oxygen atoms in total. The number of nitrogens with zero attached hydrogens (tertiary/aromatic N) is 2. The van der Waals surface area contributed by atoms with Gasteiger partial charge in [0, 0.05) is 12.6 Å². The molecule has 5 heteroatoms. The summed E-state index contributed by atoms with van der Waals surface area (Å²) >= 11 is 0. The van der Waals surface area contributed by atoms with Crippen LogP contribution in [0.4, 0.5) is 0 Å². The number of carbonyl (C=O) groups is 1. The van der Waals surface area contributed by atoms with Crippen LogP contribution in [0.25, 0.3) is 0 Å². The number of imidazole rings is 1. The Labute approximate surface area is 87.1 Å². The Kier molecular flexibility index (Phi) is 1.79. The van der Waals surface area contributed by atoms with E-state index in [0.29, 0.717) is 22.8 Å². The lowest BCUT2D eigenvalue weighted by Crippen LogP contribution is -2.26. The topological polar surface area (TPSA) is 84.8 Å². The predicted octanol–water partition coefficient (Wildman–Crippen LogP) is 0.525. The first-order valence-corrected chi connectivity index (χ1v) is 4.58. The summed E-state index contributed by atoms with van der Waals surface area (Å²) in [7, 11) is 1.75. The van der Waals surface area contributed by atoms with Crippen LogP contribution in [0.3, 0.4) is 0 Å². The second-order valence-corrected chi connectivity index (χ2v) is 3.66. The molecule has 0 aromatic carbocycles. The molecule has 0 atom stereocenters. The minimum Gasteiger partial charge on any atom is -0.395 e. The number of nitrogens with one attached hydrogen (secondary N) is 1. The number of aryl methyl sites for hydroxylation is 1. The molecule has 0 saturated heterocycles. The standard InChI is InChI=1S/C10H12N4O/c1-4-6(11)8-9(10(15)7(4)12)14(3)5(2)13-8/h11H,12H2,1-3H3. The maximum absolute atomic E-state index is 11.9. The summed E-state index contributed by atoms with van der Waals surface area (Å²) in [6.45, 7) is 3.47. The quantitative estimate of drug-likeness (QED) is 0.646. The highest BCUT2D eigenvalue weighted by Crippen LogP contribution is 2.23. The maximum atomic E-state index is 11.9. The van der Waals surface area contributed by atoms with Crippen LogP contribution in [-0.2, 0) is 7.05 Å².